The Bertz CT molecular complexity index is 990. The second-order valence-electron chi connectivity index (χ2n) is 7.55. The molecule has 1 N–H and O–H groups in total. The summed E-state index contributed by atoms with van der Waals surface area (Å²) in [6.07, 6.45) is 2.55. The van der Waals surface area contributed by atoms with Crippen molar-refractivity contribution in [3.63, 3.8) is 0 Å². The van der Waals surface area contributed by atoms with E-state index in [-0.39, 0.29) is 6.04 Å². The highest BCUT2D eigenvalue weighted by atomic mass is 16.5. The number of hydrogen-bond donors (Lipinski definition) is 1. The van der Waals surface area contributed by atoms with Gasteiger partial charge in [0.15, 0.2) is 0 Å². The molecule has 0 spiro atoms. The minimum Gasteiger partial charge on any atom is -0.485 e. The molecule has 1 aliphatic heterocycles. The molecule has 0 saturated carbocycles. The first-order valence-corrected chi connectivity index (χ1v) is 9.23. The molecule has 0 radical (unpaired) electrons. The van der Waals surface area contributed by atoms with Crippen LogP contribution in [0.25, 0.3) is 0 Å². The van der Waals surface area contributed by atoms with Gasteiger partial charge in [0.25, 0.3) is 0 Å². The fourth-order valence-electron chi connectivity index (χ4n) is 3.72. The average molecular weight is 374 g/mol. The number of nitrogens with zero attached hydrogens (tertiary/aromatic N) is 2. The summed E-state index contributed by atoms with van der Waals surface area (Å²) in [7, 11) is 0. The van der Waals surface area contributed by atoms with E-state index in [1.54, 1.807) is 18.6 Å². The fourth-order valence-corrected chi connectivity index (χ4v) is 3.72. The molecule has 0 aliphatic carbocycles. The summed E-state index contributed by atoms with van der Waals surface area (Å²) in [5, 5.41) is 20.7. The zero-order chi connectivity index (χ0) is 19.7. The average Bonchev–Trinajstić information content (AvgIpc) is 3.21. The molecule has 0 amide bonds. The van der Waals surface area contributed by atoms with Gasteiger partial charge in [-0.05, 0) is 50.2 Å². The van der Waals surface area contributed by atoms with Crippen LogP contribution in [0.4, 0.5) is 5.69 Å². The minimum atomic E-state index is -0.805. The molecule has 0 bridgehead atoms. The van der Waals surface area contributed by atoms with Crippen LogP contribution in [0.5, 0.6) is 5.75 Å². The zero-order valence-electron chi connectivity index (χ0n) is 15.9. The number of anilines is 1. The van der Waals surface area contributed by atoms with Crippen molar-refractivity contribution in [3.8, 4) is 11.8 Å². The third-order valence-corrected chi connectivity index (χ3v) is 5.20. The summed E-state index contributed by atoms with van der Waals surface area (Å²) in [5.74, 6) is 0.687. The largest absolute Gasteiger partial charge is 0.485 e. The standard InChI is InChI=1S/C23H22N2O3/c1-23(2)22(26)21(19-12-16(13-24)8-9-20(19)28-23)25(14-17-10-11-27-15-17)18-6-4-3-5-7-18/h3-12,15,21-22,26H,14H2,1-2H3/t21-,22+/m0/s1. The molecule has 2 heterocycles. The maximum absolute atomic E-state index is 11.3. The van der Waals surface area contributed by atoms with Crippen molar-refractivity contribution >= 4 is 5.69 Å². The van der Waals surface area contributed by atoms with Gasteiger partial charge in [-0.2, -0.15) is 5.26 Å². The number of nitriles is 1. The van der Waals surface area contributed by atoms with Crippen LogP contribution in [0.3, 0.4) is 0 Å². The second-order valence-corrected chi connectivity index (χ2v) is 7.55. The summed E-state index contributed by atoms with van der Waals surface area (Å²) < 4.78 is 11.3. The Labute approximate surface area is 164 Å². The summed E-state index contributed by atoms with van der Waals surface area (Å²) >= 11 is 0. The molecule has 0 unspecified atom stereocenters. The van der Waals surface area contributed by atoms with Gasteiger partial charge in [-0.15, -0.1) is 0 Å². The summed E-state index contributed by atoms with van der Waals surface area (Å²) in [6.45, 7) is 4.31. The number of hydrogen-bond acceptors (Lipinski definition) is 5. The van der Waals surface area contributed by atoms with Gasteiger partial charge in [0.05, 0.1) is 30.2 Å². The first-order chi connectivity index (χ1) is 13.5. The molecule has 4 rings (SSSR count). The summed E-state index contributed by atoms with van der Waals surface area (Å²) in [6, 6.07) is 19.0. The van der Waals surface area contributed by atoms with Crippen molar-refractivity contribution in [1.82, 2.24) is 0 Å². The van der Waals surface area contributed by atoms with Crippen LogP contribution in [0.15, 0.2) is 71.5 Å². The van der Waals surface area contributed by atoms with Crippen LogP contribution in [-0.4, -0.2) is 16.8 Å². The highest BCUT2D eigenvalue weighted by molar-refractivity contribution is 5.55. The number of ether oxygens (including phenoxy) is 1. The topological polar surface area (TPSA) is 69.6 Å². The van der Waals surface area contributed by atoms with Crippen LogP contribution >= 0.6 is 0 Å². The molecule has 0 fully saturated rings. The van der Waals surface area contributed by atoms with Crippen LogP contribution in [0.1, 0.15) is 36.6 Å². The number of aliphatic hydroxyl groups excluding tert-OH is 1. The van der Waals surface area contributed by atoms with Gasteiger partial charge >= 0.3 is 0 Å². The summed E-state index contributed by atoms with van der Waals surface area (Å²) in [5.41, 5.74) is 2.53. The molecule has 28 heavy (non-hydrogen) atoms. The third-order valence-electron chi connectivity index (χ3n) is 5.20. The summed E-state index contributed by atoms with van der Waals surface area (Å²) in [4.78, 5) is 2.14. The van der Waals surface area contributed by atoms with Crippen molar-refractivity contribution < 1.29 is 14.3 Å². The van der Waals surface area contributed by atoms with Gasteiger partial charge in [-0.1, -0.05) is 18.2 Å². The Morgan fingerprint density at radius 1 is 1.14 bits per heavy atom. The van der Waals surface area contributed by atoms with Gasteiger partial charge in [0.2, 0.25) is 0 Å². The first-order valence-electron chi connectivity index (χ1n) is 9.23. The lowest BCUT2D eigenvalue weighted by Crippen LogP contribution is -2.53. The lowest BCUT2D eigenvalue weighted by molar-refractivity contribution is -0.0590. The monoisotopic (exact) mass is 374 g/mol. The minimum absolute atomic E-state index is 0.385. The lowest BCUT2D eigenvalue weighted by atomic mass is 9.84. The van der Waals surface area contributed by atoms with E-state index in [2.05, 4.69) is 11.0 Å². The third kappa shape index (κ3) is 3.23. The van der Waals surface area contributed by atoms with E-state index in [1.165, 1.54) is 0 Å². The molecule has 1 aliphatic rings. The molecule has 1 aromatic heterocycles. The van der Waals surface area contributed by atoms with E-state index in [0.717, 1.165) is 16.8 Å². The number of benzene rings is 2. The van der Waals surface area contributed by atoms with E-state index in [4.69, 9.17) is 9.15 Å². The molecule has 2 atom stereocenters. The van der Waals surface area contributed by atoms with Crippen LogP contribution in [-0.2, 0) is 6.54 Å². The Morgan fingerprint density at radius 3 is 2.61 bits per heavy atom. The van der Waals surface area contributed by atoms with Gasteiger partial charge in [-0.25, -0.2) is 0 Å². The Balaban J connectivity index is 1.87. The molecule has 3 aromatic rings. The predicted molar refractivity (Wildman–Crippen MR) is 106 cm³/mol. The van der Waals surface area contributed by atoms with Crippen molar-refractivity contribution in [2.45, 2.75) is 38.1 Å². The second kappa shape index (κ2) is 7.06. The normalized spacial score (nSPS) is 19.9. The number of aliphatic hydroxyl groups is 1. The molecule has 0 saturated heterocycles. The smallest absolute Gasteiger partial charge is 0.132 e. The lowest BCUT2D eigenvalue weighted by Gasteiger charge is -2.47. The first kappa shape index (κ1) is 18.1. The SMILES string of the molecule is CC1(C)Oc2ccc(C#N)cc2[C@H](N(Cc2ccoc2)c2ccccc2)[C@H]1O. The molecular weight excluding hydrogens is 352 g/mol. The van der Waals surface area contributed by atoms with E-state index in [0.29, 0.717) is 17.9 Å². The number of para-hydroxylation sites is 1. The van der Waals surface area contributed by atoms with Gasteiger partial charge in [0.1, 0.15) is 17.5 Å². The number of furan rings is 1. The number of rotatable bonds is 4. The maximum atomic E-state index is 11.3. The molecule has 2 aromatic carbocycles. The Hall–Kier alpha value is -3.23. The molecule has 142 valence electrons. The van der Waals surface area contributed by atoms with Crippen LogP contribution in [0.2, 0.25) is 0 Å². The van der Waals surface area contributed by atoms with Gasteiger partial charge < -0.3 is 19.2 Å². The predicted octanol–water partition coefficient (Wildman–Crippen LogP) is 4.43. The Kier molecular flexibility index (Phi) is 4.58. The van der Waals surface area contributed by atoms with Gasteiger partial charge in [0, 0.05) is 23.4 Å². The fraction of sp³-hybridized carbons (Fsp3) is 0.261. The quantitative estimate of drug-likeness (QED) is 0.731. The van der Waals surface area contributed by atoms with E-state index >= 15 is 0 Å². The van der Waals surface area contributed by atoms with Crippen molar-refractivity contribution in [2.24, 2.45) is 0 Å². The maximum Gasteiger partial charge on any atom is 0.132 e. The van der Waals surface area contributed by atoms with Crippen molar-refractivity contribution in [3.05, 3.63) is 83.8 Å². The van der Waals surface area contributed by atoms with Gasteiger partial charge in [-0.3, -0.25) is 0 Å². The molecular formula is C23H22N2O3. The van der Waals surface area contributed by atoms with Crippen LogP contribution < -0.4 is 9.64 Å². The highest BCUT2D eigenvalue weighted by Gasteiger charge is 2.45. The molecule has 5 nitrogen and oxygen atoms in total. The van der Waals surface area contributed by atoms with Crippen LogP contribution in [0, 0.1) is 11.3 Å². The van der Waals surface area contributed by atoms with E-state index in [9.17, 15) is 10.4 Å². The highest BCUT2D eigenvalue weighted by Crippen LogP contribution is 2.45. The van der Waals surface area contributed by atoms with E-state index in [1.807, 2.05) is 62.4 Å². The number of fused-ring (bicyclic) bond motifs is 1. The molecule has 5 heteroatoms. The van der Waals surface area contributed by atoms with Crippen molar-refractivity contribution in [2.75, 3.05) is 4.90 Å². The zero-order valence-corrected chi connectivity index (χ0v) is 15.9. The van der Waals surface area contributed by atoms with Crippen molar-refractivity contribution in [1.29, 1.82) is 5.26 Å². The van der Waals surface area contributed by atoms with E-state index < -0.39 is 11.7 Å². The Morgan fingerprint density at radius 2 is 1.93 bits per heavy atom.